The van der Waals surface area contributed by atoms with Crippen LogP contribution >= 0.6 is 11.6 Å². The predicted molar refractivity (Wildman–Crippen MR) is 140 cm³/mol. The highest BCUT2D eigenvalue weighted by Crippen LogP contribution is 2.31. The molecule has 1 aliphatic heterocycles. The van der Waals surface area contributed by atoms with Crippen molar-refractivity contribution in [1.82, 2.24) is 20.0 Å². The second-order valence-electron chi connectivity index (χ2n) is 8.71. The number of ether oxygens (including phenoxy) is 1. The first-order chi connectivity index (χ1) is 17.7. The zero-order chi connectivity index (χ0) is 24.3. The van der Waals surface area contributed by atoms with E-state index in [0.29, 0.717) is 23.3 Å². The highest BCUT2D eigenvalue weighted by molar-refractivity contribution is 6.30. The molecule has 5 aromatic rings. The molecule has 0 unspecified atom stereocenters. The summed E-state index contributed by atoms with van der Waals surface area (Å²) in [5, 5.41) is 5.93. The Morgan fingerprint density at radius 1 is 0.861 bits per heavy atom. The molecule has 6 rings (SSSR count). The normalized spacial score (nSPS) is 14.3. The lowest BCUT2D eigenvalue weighted by atomic mass is 10.1. The van der Waals surface area contributed by atoms with Crippen LogP contribution in [-0.4, -0.2) is 46.2 Å². The molecule has 0 radical (unpaired) electrons. The molecule has 1 saturated heterocycles. The molecule has 0 bridgehead atoms. The van der Waals surface area contributed by atoms with E-state index in [2.05, 4.69) is 37.1 Å². The topological polar surface area (TPSA) is 67.5 Å². The summed E-state index contributed by atoms with van der Waals surface area (Å²) < 4.78 is 11.5. The van der Waals surface area contributed by atoms with Crippen molar-refractivity contribution in [3.63, 3.8) is 0 Å². The Kier molecular flexibility index (Phi) is 6.24. The smallest absolute Gasteiger partial charge is 0.258 e. The lowest BCUT2D eigenvalue weighted by molar-refractivity contribution is 0.240. The molecule has 0 amide bonds. The molecule has 1 aliphatic rings. The maximum absolute atomic E-state index is 6.09. The molecular formula is C28H24ClN5O2. The van der Waals surface area contributed by atoms with Crippen LogP contribution < -0.4 is 9.64 Å². The maximum Gasteiger partial charge on any atom is 0.258 e. The third kappa shape index (κ3) is 4.89. The van der Waals surface area contributed by atoms with Crippen LogP contribution in [0.3, 0.4) is 0 Å². The van der Waals surface area contributed by atoms with Crippen molar-refractivity contribution in [2.24, 2.45) is 0 Å². The van der Waals surface area contributed by atoms with Gasteiger partial charge < -0.3 is 14.2 Å². The summed E-state index contributed by atoms with van der Waals surface area (Å²) >= 11 is 6.09. The zero-order valence-electron chi connectivity index (χ0n) is 19.5. The minimum atomic E-state index is 0.491. The maximum atomic E-state index is 6.09. The number of para-hydroxylation sites is 1. The lowest BCUT2D eigenvalue weighted by Crippen LogP contribution is -2.46. The third-order valence-electron chi connectivity index (χ3n) is 6.29. The van der Waals surface area contributed by atoms with Gasteiger partial charge in [-0.25, -0.2) is 0 Å². The Bertz CT molecular complexity index is 1480. The Labute approximate surface area is 213 Å². The van der Waals surface area contributed by atoms with E-state index in [9.17, 15) is 0 Å². The minimum Gasteiger partial charge on any atom is -0.457 e. The first-order valence-electron chi connectivity index (χ1n) is 11.9. The average Bonchev–Trinajstić information content (AvgIpc) is 3.38. The molecule has 0 atom stereocenters. The number of nitrogens with zero attached hydrogens (tertiary/aromatic N) is 5. The molecule has 8 heteroatoms. The standard InChI is InChI=1S/C28H24ClN5O2/c29-21-6-4-5-20(17-21)28-31-27(32-36-28)19-33-13-15-34(16-14-33)26-11-12-30-25-18-23(9-10-24(25)26)35-22-7-2-1-3-8-22/h1-12,17-18H,13-16,19H2. The first-order valence-corrected chi connectivity index (χ1v) is 12.3. The van der Waals surface area contributed by atoms with Crippen LogP contribution in [0, 0.1) is 0 Å². The molecule has 7 nitrogen and oxygen atoms in total. The van der Waals surface area contributed by atoms with E-state index in [1.54, 1.807) is 0 Å². The van der Waals surface area contributed by atoms with Gasteiger partial charge in [0.25, 0.3) is 5.89 Å². The number of rotatable bonds is 6. The fourth-order valence-electron chi connectivity index (χ4n) is 4.48. The Hall–Kier alpha value is -3.94. The Morgan fingerprint density at radius 2 is 1.72 bits per heavy atom. The summed E-state index contributed by atoms with van der Waals surface area (Å²) in [6.07, 6.45) is 1.87. The van der Waals surface area contributed by atoms with E-state index in [-0.39, 0.29) is 0 Å². The van der Waals surface area contributed by atoms with Crippen LogP contribution in [0.1, 0.15) is 5.82 Å². The van der Waals surface area contributed by atoms with E-state index in [4.69, 9.17) is 20.9 Å². The second kappa shape index (κ2) is 9.97. The second-order valence-corrected chi connectivity index (χ2v) is 9.15. The van der Waals surface area contributed by atoms with Gasteiger partial charge in [-0.05, 0) is 48.5 Å². The number of hydrogen-bond acceptors (Lipinski definition) is 7. The van der Waals surface area contributed by atoms with E-state index in [0.717, 1.165) is 54.1 Å². The van der Waals surface area contributed by atoms with Gasteiger partial charge in [-0.2, -0.15) is 4.98 Å². The number of pyridine rings is 1. The van der Waals surface area contributed by atoms with Crippen LogP contribution in [0.4, 0.5) is 5.69 Å². The first kappa shape index (κ1) is 22.5. The third-order valence-corrected chi connectivity index (χ3v) is 6.52. The number of halogens is 1. The van der Waals surface area contributed by atoms with E-state index in [1.807, 2.05) is 72.9 Å². The van der Waals surface area contributed by atoms with Gasteiger partial charge in [-0.1, -0.05) is 41.0 Å². The number of fused-ring (bicyclic) bond motifs is 1. The monoisotopic (exact) mass is 497 g/mol. The number of aromatic nitrogens is 3. The van der Waals surface area contributed by atoms with Crippen LogP contribution in [0.25, 0.3) is 22.4 Å². The summed E-state index contributed by atoms with van der Waals surface area (Å²) in [4.78, 5) is 13.9. The Balaban J connectivity index is 1.11. The fraction of sp³-hybridized carbons (Fsp3) is 0.179. The van der Waals surface area contributed by atoms with Crippen molar-refractivity contribution >= 4 is 28.2 Å². The van der Waals surface area contributed by atoms with Gasteiger partial charge >= 0.3 is 0 Å². The molecule has 180 valence electrons. The predicted octanol–water partition coefficient (Wildman–Crippen LogP) is 6.05. The van der Waals surface area contributed by atoms with Gasteiger partial charge in [-0.3, -0.25) is 9.88 Å². The molecule has 0 aliphatic carbocycles. The summed E-state index contributed by atoms with van der Waals surface area (Å²) in [5.41, 5.74) is 2.94. The van der Waals surface area contributed by atoms with Gasteiger partial charge in [-0.15, -0.1) is 0 Å². The van der Waals surface area contributed by atoms with Crippen LogP contribution in [0.5, 0.6) is 11.5 Å². The quantitative estimate of drug-likeness (QED) is 0.283. The summed E-state index contributed by atoms with van der Waals surface area (Å²) in [5.74, 6) is 2.76. The van der Waals surface area contributed by atoms with Crippen LogP contribution in [-0.2, 0) is 6.54 Å². The SMILES string of the molecule is Clc1cccc(-c2nc(CN3CCN(c4ccnc5cc(Oc6ccccc6)ccc45)CC3)no2)c1. The molecular weight excluding hydrogens is 474 g/mol. The summed E-state index contributed by atoms with van der Waals surface area (Å²) in [6.45, 7) is 4.26. The van der Waals surface area contributed by atoms with E-state index < -0.39 is 0 Å². The van der Waals surface area contributed by atoms with Crippen molar-refractivity contribution in [2.45, 2.75) is 6.54 Å². The highest BCUT2D eigenvalue weighted by Gasteiger charge is 2.21. The summed E-state index contributed by atoms with van der Waals surface area (Å²) in [6, 6.07) is 25.4. The summed E-state index contributed by atoms with van der Waals surface area (Å²) in [7, 11) is 0. The Morgan fingerprint density at radius 3 is 2.56 bits per heavy atom. The fourth-order valence-corrected chi connectivity index (χ4v) is 4.67. The van der Waals surface area contributed by atoms with Crippen molar-refractivity contribution < 1.29 is 9.26 Å². The van der Waals surface area contributed by atoms with Crippen molar-refractivity contribution in [1.29, 1.82) is 0 Å². The molecule has 0 spiro atoms. The molecule has 0 saturated carbocycles. The molecule has 0 N–H and O–H groups in total. The van der Waals surface area contributed by atoms with Gasteiger partial charge in [0, 0.05) is 60.1 Å². The highest BCUT2D eigenvalue weighted by atomic mass is 35.5. The minimum absolute atomic E-state index is 0.491. The van der Waals surface area contributed by atoms with Gasteiger partial charge in [0.2, 0.25) is 0 Å². The van der Waals surface area contributed by atoms with E-state index in [1.165, 1.54) is 5.69 Å². The molecule has 3 aromatic carbocycles. The number of hydrogen-bond donors (Lipinski definition) is 0. The number of benzene rings is 3. The van der Waals surface area contributed by atoms with Crippen molar-refractivity contribution in [3.8, 4) is 23.0 Å². The molecule has 2 aromatic heterocycles. The zero-order valence-corrected chi connectivity index (χ0v) is 20.3. The van der Waals surface area contributed by atoms with Gasteiger partial charge in [0.1, 0.15) is 11.5 Å². The van der Waals surface area contributed by atoms with Crippen molar-refractivity contribution in [3.05, 3.63) is 95.9 Å². The molecule has 1 fully saturated rings. The number of anilines is 1. The van der Waals surface area contributed by atoms with Gasteiger partial charge in [0.05, 0.1) is 12.1 Å². The molecule has 3 heterocycles. The van der Waals surface area contributed by atoms with Gasteiger partial charge in [0.15, 0.2) is 5.82 Å². The molecule has 36 heavy (non-hydrogen) atoms. The largest absolute Gasteiger partial charge is 0.457 e. The lowest BCUT2D eigenvalue weighted by Gasteiger charge is -2.36. The van der Waals surface area contributed by atoms with Crippen molar-refractivity contribution in [2.75, 3.05) is 31.1 Å². The number of piperazine rings is 1. The average molecular weight is 498 g/mol. The van der Waals surface area contributed by atoms with Crippen LogP contribution in [0.15, 0.2) is 89.6 Å². The van der Waals surface area contributed by atoms with Crippen LogP contribution in [0.2, 0.25) is 5.02 Å². The van der Waals surface area contributed by atoms with E-state index >= 15 is 0 Å².